The summed E-state index contributed by atoms with van der Waals surface area (Å²) in [5, 5.41) is 10.5. The van der Waals surface area contributed by atoms with Crippen molar-refractivity contribution >= 4 is 39.5 Å². The smallest absolute Gasteiger partial charge is 0.462 e. The highest BCUT2D eigenvalue weighted by Gasteiger charge is 2.30. The third-order valence-electron chi connectivity index (χ3n) is 15.4. The van der Waals surface area contributed by atoms with E-state index in [4.69, 9.17) is 37.0 Å². The lowest BCUT2D eigenvalue weighted by atomic mass is 10.0. The number of hydrogen-bond acceptors (Lipinski definition) is 15. The molecule has 5 atom stereocenters. The van der Waals surface area contributed by atoms with E-state index >= 15 is 0 Å². The highest BCUT2D eigenvalue weighted by Crippen LogP contribution is 2.45. The Labute approximate surface area is 517 Å². The normalized spacial score (nSPS) is 14.1. The fraction of sp³-hybridized carbons (Fsp3) is 0.939. The molecule has 2 unspecified atom stereocenters. The van der Waals surface area contributed by atoms with Crippen LogP contribution in [0.4, 0.5) is 0 Å². The van der Waals surface area contributed by atoms with Gasteiger partial charge < -0.3 is 33.8 Å². The van der Waals surface area contributed by atoms with Crippen LogP contribution >= 0.6 is 15.6 Å². The van der Waals surface area contributed by atoms with E-state index in [2.05, 4.69) is 27.7 Å². The minimum atomic E-state index is -4.94. The molecule has 3 N–H and O–H groups in total. The Hall–Kier alpha value is -1.94. The maximum absolute atomic E-state index is 13.0. The molecule has 0 amide bonds. The average Bonchev–Trinajstić information content (AvgIpc) is 3.54. The van der Waals surface area contributed by atoms with E-state index in [9.17, 15) is 43.2 Å². The van der Waals surface area contributed by atoms with Crippen molar-refractivity contribution in [2.75, 3.05) is 39.6 Å². The molecule has 0 saturated heterocycles. The van der Waals surface area contributed by atoms with Crippen LogP contribution in [0.2, 0.25) is 0 Å². The number of unbranched alkanes of at least 4 members (excludes halogenated alkanes) is 41. The number of phosphoric ester groups is 2. The molecule has 19 heteroatoms. The largest absolute Gasteiger partial charge is 0.472 e. The van der Waals surface area contributed by atoms with E-state index in [1.165, 1.54) is 167 Å². The number of ether oxygens (including phenoxy) is 4. The first kappa shape index (κ1) is 83.1. The van der Waals surface area contributed by atoms with Crippen LogP contribution in [0.1, 0.15) is 342 Å². The Balaban J connectivity index is 5.20. The zero-order valence-electron chi connectivity index (χ0n) is 54.6. The molecule has 0 heterocycles. The molecule has 0 bridgehead atoms. The van der Waals surface area contributed by atoms with Gasteiger partial charge in [0.25, 0.3) is 0 Å². The number of carbonyl (C=O) groups is 4. The van der Waals surface area contributed by atoms with Gasteiger partial charge >= 0.3 is 39.5 Å². The van der Waals surface area contributed by atoms with E-state index < -0.39 is 97.5 Å². The van der Waals surface area contributed by atoms with Gasteiger partial charge in [0.2, 0.25) is 0 Å². The number of aliphatic hydroxyl groups is 1. The lowest BCUT2D eigenvalue weighted by Crippen LogP contribution is -2.30. The molecule has 0 fully saturated rings. The van der Waals surface area contributed by atoms with Gasteiger partial charge in [-0.2, -0.15) is 0 Å². The Kier molecular flexibility index (Phi) is 59.6. The van der Waals surface area contributed by atoms with Crippen LogP contribution in [0.25, 0.3) is 0 Å². The van der Waals surface area contributed by atoms with Crippen LogP contribution in [-0.2, 0) is 65.4 Å². The van der Waals surface area contributed by atoms with Gasteiger partial charge in [0.15, 0.2) is 12.2 Å². The van der Waals surface area contributed by atoms with E-state index in [0.717, 1.165) is 96.3 Å². The SMILES string of the molecule is CCCCCCCCCCCCCCCCCCC(=O)O[C@H](COC(=O)CCCCCCCCCCCCCC)COP(=O)(O)OC[C@@H](O)COP(=O)(O)OC[C@@H](COC(=O)CCCCCCCCCC)OC(=O)CCCCCCCCCCC. The van der Waals surface area contributed by atoms with Crippen LogP contribution in [0.15, 0.2) is 0 Å². The Bertz CT molecular complexity index is 1640. The molecule has 17 nitrogen and oxygen atoms in total. The van der Waals surface area contributed by atoms with Crippen molar-refractivity contribution in [2.45, 2.75) is 361 Å². The summed E-state index contributed by atoms with van der Waals surface area (Å²) in [6.45, 7) is 4.88. The van der Waals surface area contributed by atoms with Crippen LogP contribution in [0, 0.1) is 0 Å². The topological polar surface area (TPSA) is 237 Å². The molecule has 0 aromatic carbocycles. The molecule has 0 aromatic rings. The van der Waals surface area contributed by atoms with Crippen molar-refractivity contribution in [3.63, 3.8) is 0 Å². The quantitative estimate of drug-likeness (QED) is 0.0222. The van der Waals surface area contributed by atoms with Crippen molar-refractivity contribution in [3.8, 4) is 0 Å². The monoisotopic (exact) mass is 1250 g/mol. The third-order valence-corrected chi connectivity index (χ3v) is 17.3. The summed E-state index contributed by atoms with van der Waals surface area (Å²) in [4.78, 5) is 72.2. The minimum Gasteiger partial charge on any atom is -0.462 e. The number of phosphoric acid groups is 2. The molecule has 0 radical (unpaired) electrons. The lowest BCUT2D eigenvalue weighted by Gasteiger charge is -2.21. The average molecular weight is 1260 g/mol. The van der Waals surface area contributed by atoms with Gasteiger partial charge in [-0.15, -0.1) is 0 Å². The summed E-state index contributed by atoms with van der Waals surface area (Å²) >= 11 is 0. The second-order valence-electron chi connectivity index (χ2n) is 23.9. The predicted molar refractivity (Wildman–Crippen MR) is 340 cm³/mol. The van der Waals surface area contributed by atoms with Gasteiger partial charge in [0, 0.05) is 25.7 Å². The predicted octanol–water partition coefficient (Wildman–Crippen LogP) is 18.7. The highest BCUT2D eigenvalue weighted by atomic mass is 31.2. The van der Waals surface area contributed by atoms with E-state index in [1.54, 1.807) is 0 Å². The number of carbonyl (C=O) groups excluding carboxylic acids is 4. The zero-order valence-corrected chi connectivity index (χ0v) is 56.4. The molecule has 0 rings (SSSR count). The van der Waals surface area contributed by atoms with Gasteiger partial charge in [-0.05, 0) is 25.7 Å². The highest BCUT2D eigenvalue weighted by molar-refractivity contribution is 7.47. The standard InChI is InChI=1S/C66H128O17P2/c1-5-9-13-17-21-25-27-29-30-31-32-34-37-41-45-49-53-66(71)83-62(57-77-64(69)51-47-43-39-36-33-28-26-22-18-14-10-6-2)59-81-85(74,75)79-55-60(67)54-78-84(72,73)80-58-61(56-76-63(68)50-46-42-38-24-20-16-12-8-4)82-65(70)52-48-44-40-35-23-19-15-11-7-3/h60-62,67H,5-59H2,1-4H3,(H,72,73)(H,74,75)/t60-,61+,62+/m0/s1. The molecule has 504 valence electrons. The van der Waals surface area contributed by atoms with E-state index in [-0.39, 0.29) is 25.7 Å². The first-order chi connectivity index (χ1) is 41.2. The van der Waals surface area contributed by atoms with Crippen LogP contribution in [-0.4, -0.2) is 96.7 Å². The van der Waals surface area contributed by atoms with Gasteiger partial charge in [-0.3, -0.25) is 37.3 Å². The second kappa shape index (κ2) is 60.9. The minimum absolute atomic E-state index is 0.106. The number of esters is 4. The lowest BCUT2D eigenvalue weighted by molar-refractivity contribution is -0.161. The summed E-state index contributed by atoms with van der Waals surface area (Å²) in [7, 11) is -9.88. The summed E-state index contributed by atoms with van der Waals surface area (Å²) in [5.74, 6) is -2.13. The Morgan fingerprint density at radius 1 is 0.282 bits per heavy atom. The molecule has 0 aliphatic rings. The van der Waals surface area contributed by atoms with Crippen molar-refractivity contribution in [1.29, 1.82) is 0 Å². The zero-order chi connectivity index (χ0) is 62.6. The molecule has 0 aromatic heterocycles. The van der Waals surface area contributed by atoms with Crippen molar-refractivity contribution in [2.24, 2.45) is 0 Å². The van der Waals surface area contributed by atoms with Crippen molar-refractivity contribution in [1.82, 2.24) is 0 Å². The number of aliphatic hydroxyl groups excluding tert-OH is 1. The van der Waals surface area contributed by atoms with Gasteiger partial charge in [-0.25, -0.2) is 9.13 Å². The summed E-state index contributed by atoms with van der Waals surface area (Å²) < 4.78 is 68.0. The molecule has 0 aliphatic carbocycles. The Morgan fingerprint density at radius 3 is 0.694 bits per heavy atom. The van der Waals surface area contributed by atoms with Crippen LogP contribution in [0.5, 0.6) is 0 Å². The van der Waals surface area contributed by atoms with Crippen molar-refractivity contribution in [3.05, 3.63) is 0 Å². The molecule has 0 aliphatic heterocycles. The summed E-state index contributed by atoms with van der Waals surface area (Å²) in [6, 6.07) is 0. The molecular formula is C66H128O17P2. The third kappa shape index (κ3) is 60.7. The fourth-order valence-electron chi connectivity index (χ4n) is 9.99. The first-order valence-corrected chi connectivity index (χ1v) is 37.8. The van der Waals surface area contributed by atoms with Gasteiger partial charge in [0.1, 0.15) is 19.3 Å². The molecule has 0 spiro atoms. The number of hydrogen-bond donors (Lipinski definition) is 3. The van der Waals surface area contributed by atoms with Gasteiger partial charge in [-0.1, -0.05) is 291 Å². The molecule has 0 saturated carbocycles. The van der Waals surface area contributed by atoms with E-state index in [0.29, 0.717) is 25.7 Å². The van der Waals surface area contributed by atoms with Crippen molar-refractivity contribution < 1.29 is 80.2 Å². The second-order valence-corrected chi connectivity index (χ2v) is 26.8. The maximum atomic E-state index is 13.0. The summed E-state index contributed by atoms with van der Waals surface area (Å²) in [6.07, 6.45) is 47.2. The first-order valence-electron chi connectivity index (χ1n) is 34.8. The Morgan fingerprint density at radius 2 is 0.471 bits per heavy atom. The maximum Gasteiger partial charge on any atom is 0.472 e. The van der Waals surface area contributed by atoms with Gasteiger partial charge in [0.05, 0.1) is 26.4 Å². The molecule has 85 heavy (non-hydrogen) atoms. The summed E-state index contributed by atoms with van der Waals surface area (Å²) in [5.41, 5.74) is 0. The van der Waals surface area contributed by atoms with E-state index in [1.807, 2.05) is 0 Å². The number of rotatable bonds is 67. The molecular weight excluding hydrogens is 1130 g/mol. The van der Waals surface area contributed by atoms with Crippen LogP contribution in [0.3, 0.4) is 0 Å². The van der Waals surface area contributed by atoms with Crippen LogP contribution < -0.4 is 0 Å². The fourth-order valence-corrected chi connectivity index (χ4v) is 11.6.